The van der Waals surface area contributed by atoms with E-state index in [1.165, 1.54) is 11.4 Å². The molecule has 8 heteroatoms. The van der Waals surface area contributed by atoms with E-state index in [-0.39, 0.29) is 30.7 Å². The van der Waals surface area contributed by atoms with Crippen LogP contribution in [0.3, 0.4) is 0 Å². The molecule has 1 atom stereocenters. The molecule has 0 spiro atoms. The van der Waals surface area contributed by atoms with Crippen LogP contribution in [0.2, 0.25) is 0 Å². The minimum Gasteiger partial charge on any atom is -0.389 e. The average Bonchev–Trinajstić information content (AvgIpc) is 2.45. The number of nitrogens with zero attached hydrogens (tertiary/aromatic N) is 1. The Hall–Kier alpha value is -0.700. The Morgan fingerprint density at radius 3 is 2.55 bits per heavy atom. The molecule has 0 aromatic rings. The van der Waals surface area contributed by atoms with Gasteiger partial charge in [-0.1, -0.05) is 0 Å². The monoisotopic (exact) mass is 308 g/mol. The normalized spacial score (nSPS) is 19.8. The molecule has 1 aliphatic heterocycles. The maximum atomic E-state index is 11.9. The van der Waals surface area contributed by atoms with E-state index in [0.29, 0.717) is 25.9 Å². The first-order valence-electron chi connectivity index (χ1n) is 6.83. The van der Waals surface area contributed by atoms with Gasteiger partial charge in [-0.05, 0) is 19.8 Å². The summed E-state index contributed by atoms with van der Waals surface area (Å²) in [5.74, 6) is -0.227. The van der Waals surface area contributed by atoms with Crippen molar-refractivity contribution in [2.75, 3.05) is 39.1 Å². The lowest BCUT2D eigenvalue weighted by atomic mass is 9.97. The Bertz CT molecular complexity index is 404. The van der Waals surface area contributed by atoms with Gasteiger partial charge in [-0.3, -0.25) is 4.79 Å². The van der Waals surface area contributed by atoms with Gasteiger partial charge in [0.25, 0.3) is 0 Å². The quantitative estimate of drug-likeness (QED) is 0.640. The van der Waals surface area contributed by atoms with Crippen LogP contribution in [0.1, 0.15) is 19.8 Å². The van der Waals surface area contributed by atoms with Gasteiger partial charge in [-0.15, -0.1) is 0 Å². The standard InChI is InChI=1S/C12H24N2O5S/c1-3-20(17,18)14-6-4-10(5-7-14)12(16)13-8-11(15)9-19-2/h10-11,15H,3-9H2,1-2H3,(H,13,16). The number of amides is 1. The van der Waals surface area contributed by atoms with E-state index in [1.807, 2.05) is 0 Å². The molecule has 0 saturated carbocycles. The highest BCUT2D eigenvalue weighted by molar-refractivity contribution is 7.89. The largest absolute Gasteiger partial charge is 0.389 e. The number of methoxy groups -OCH3 is 1. The van der Waals surface area contributed by atoms with Crippen molar-refractivity contribution < 1.29 is 23.1 Å². The molecule has 1 rings (SSSR count). The lowest BCUT2D eigenvalue weighted by Gasteiger charge is -2.30. The van der Waals surface area contributed by atoms with Crippen molar-refractivity contribution in [1.29, 1.82) is 0 Å². The molecule has 1 aliphatic rings. The summed E-state index contributed by atoms with van der Waals surface area (Å²) in [4.78, 5) is 11.9. The maximum absolute atomic E-state index is 11.9. The first-order valence-corrected chi connectivity index (χ1v) is 8.44. The summed E-state index contributed by atoms with van der Waals surface area (Å²) in [6, 6.07) is 0. The van der Waals surface area contributed by atoms with Gasteiger partial charge in [-0.25, -0.2) is 12.7 Å². The van der Waals surface area contributed by atoms with Crippen LogP contribution in [-0.2, 0) is 19.6 Å². The molecule has 0 bridgehead atoms. The molecule has 1 saturated heterocycles. The number of rotatable bonds is 7. The van der Waals surface area contributed by atoms with Gasteiger partial charge in [0.15, 0.2) is 0 Å². The molecular weight excluding hydrogens is 284 g/mol. The highest BCUT2D eigenvalue weighted by Crippen LogP contribution is 2.19. The third-order valence-electron chi connectivity index (χ3n) is 3.45. The summed E-state index contributed by atoms with van der Waals surface area (Å²) >= 11 is 0. The lowest BCUT2D eigenvalue weighted by molar-refractivity contribution is -0.126. The van der Waals surface area contributed by atoms with Crippen molar-refractivity contribution in [3.8, 4) is 0 Å². The topological polar surface area (TPSA) is 95.9 Å². The van der Waals surface area contributed by atoms with Crippen molar-refractivity contribution >= 4 is 15.9 Å². The van der Waals surface area contributed by atoms with Crippen LogP contribution < -0.4 is 5.32 Å². The molecule has 1 heterocycles. The Balaban J connectivity index is 2.36. The Morgan fingerprint density at radius 1 is 1.45 bits per heavy atom. The van der Waals surface area contributed by atoms with Crippen LogP contribution in [0.4, 0.5) is 0 Å². The van der Waals surface area contributed by atoms with Gasteiger partial charge in [0, 0.05) is 32.7 Å². The molecule has 2 N–H and O–H groups in total. The number of hydrogen-bond donors (Lipinski definition) is 2. The van der Waals surface area contributed by atoms with Crippen molar-refractivity contribution in [3.63, 3.8) is 0 Å². The van der Waals surface area contributed by atoms with Gasteiger partial charge >= 0.3 is 0 Å². The fourth-order valence-electron chi connectivity index (χ4n) is 2.19. The fraction of sp³-hybridized carbons (Fsp3) is 0.917. The zero-order valence-corrected chi connectivity index (χ0v) is 12.9. The van der Waals surface area contributed by atoms with E-state index in [1.54, 1.807) is 6.92 Å². The van der Waals surface area contributed by atoms with E-state index < -0.39 is 16.1 Å². The van der Waals surface area contributed by atoms with Crippen molar-refractivity contribution in [2.45, 2.75) is 25.9 Å². The van der Waals surface area contributed by atoms with Gasteiger partial charge in [0.1, 0.15) is 0 Å². The zero-order chi connectivity index (χ0) is 15.2. The van der Waals surface area contributed by atoms with Crippen molar-refractivity contribution in [3.05, 3.63) is 0 Å². The van der Waals surface area contributed by atoms with Crippen LogP contribution in [0.5, 0.6) is 0 Å². The van der Waals surface area contributed by atoms with Crippen LogP contribution in [-0.4, -0.2) is 68.9 Å². The Morgan fingerprint density at radius 2 is 2.05 bits per heavy atom. The first-order chi connectivity index (χ1) is 9.40. The summed E-state index contributed by atoms with van der Waals surface area (Å²) in [6.45, 7) is 2.71. The molecule has 0 radical (unpaired) electrons. The number of nitrogens with one attached hydrogen (secondary N) is 1. The number of carbonyl (C=O) groups is 1. The van der Waals surface area contributed by atoms with E-state index in [9.17, 15) is 18.3 Å². The molecule has 7 nitrogen and oxygen atoms in total. The van der Waals surface area contributed by atoms with Crippen LogP contribution in [0, 0.1) is 5.92 Å². The number of piperidine rings is 1. The van der Waals surface area contributed by atoms with Crippen molar-refractivity contribution in [1.82, 2.24) is 9.62 Å². The zero-order valence-electron chi connectivity index (χ0n) is 12.0. The molecule has 118 valence electrons. The molecule has 0 aliphatic carbocycles. The molecule has 0 aromatic carbocycles. The Kier molecular flexibility index (Phi) is 6.87. The van der Waals surface area contributed by atoms with Gasteiger partial charge in [0.05, 0.1) is 18.5 Å². The van der Waals surface area contributed by atoms with E-state index in [4.69, 9.17) is 4.74 Å². The van der Waals surface area contributed by atoms with Crippen LogP contribution in [0.15, 0.2) is 0 Å². The summed E-state index contributed by atoms with van der Waals surface area (Å²) in [6.07, 6.45) is 0.321. The smallest absolute Gasteiger partial charge is 0.223 e. The van der Waals surface area contributed by atoms with Crippen molar-refractivity contribution in [2.24, 2.45) is 5.92 Å². The third-order valence-corrected chi connectivity index (χ3v) is 5.34. The minimum atomic E-state index is -3.16. The molecular formula is C12H24N2O5S. The van der Waals surface area contributed by atoms with E-state index in [2.05, 4.69) is 5.32 Å². The molecule has 0 aromatic heterocycles. The second-order valence-corrected chi connectivity index (χ2v) is 7.19. The fourth-order valence-corrected chi connectivity index (χ4v) is 3.33. The minimum absolute atomic E-state index is 0.0904. The van der Waals surface area contributed by atoms with Crippen LogP contribution >= 0.6 is 0 Å². The highest BCUT2D eigenvalue weighted by Gasteiger charge is 2.30. The lowest BCUT2D eigenvalue weighted by Crippen LogP contribution is -2.45. The Labute approximate surface area is 120 Å². The van der Waals surface area contributed by atoms with E-state index >= 15 is 0 Å². The summed E-state index contributed by atoms with van der Waals surface area (Å²) in [5, 5.41) is 12.1. The molecule has 20 heavy (non-hydrogen) atoms. The van der Waals surface area contributed by atoms with Crippen LogP contribution in [0.25, 0.3) is 0 Å². The number of sulfonamides is 1. The summed E-state index contributed by atoms with van der Waals surface area (Å²) < 4.78 is 29.6. The van der Waals surface area contributed by atoms with Gasteiger partial charge < -0.3 is 15.2 Å². The van der Waals surface area contributed by atoms with Gasteiger partial charge in [0.2, 0.25) is 15.9 Å². The SMILES string of the molecule is CCS(=O)(=O)N1CCC(C(=O)NCC(O)COC)CC1. The average molecular weight is 308 g/mol. The predicted octanol–water partition coefficient (Wildman–Crippen LogP) is -0.828. The summed E-state index contributed by atoms with van der Waals surface area (Å²) in [7, 11) is -1.68. The van der Waals surface area contributed by atoms with Gasteiger partial charge in [-0.2, -0.15) is 0 Å². The molecule has 1 fully saturated rings. The second kappa shape index (κ2) is 7.92. The molecule has 1 amide bonds. The summed E-state index contributed by atoms with van der Waals surface area (Å²) in [5.41, 5.74) is 0. The first kappa shape index (κ1) is 17.4. The number of aliphatic hydroxyl groups is 1. The third kappa shape index (κ3) is 5.01. The highest BCUT2D eigenvalue weighted by atomic mass is 32.2. The number of hydrogen-bond acceptors (Lipinski definition) is 5. The number of aliphatic hydroxyl groups excluding tert-OH is 1. The number of carbonyl (C=O) groups excluding carboxylic acids is 1. The maximum Gasteiger partial charge on any atom is 0.223 e. The predicted molar refractivity (Wildman–Crippen MR) is 74.7 cm³/mol. The van der Waals surface area contributed by atoms with E-state index in [0.717, 1.165) is 0 Å². The molecule has 1 unspecified atom stereocenters. The number of ether oxygens (including phenoxy) is 1. The second-order valence-electron chi connectivity index (χ2n) is 4.93.